The average Bonchev–Trinajstić information content (AvgIpc) is 3.09. The predicted octanol–water partition coefficient (Wildman–Crippen LogP) is 2.58. The molecule has 0 aliphatic heterocycles. The van der Waals surface area contributed by atoms with E-state index in [1.165, 1.54) is 12.5 Å². The second-order valence-corrected chi connectivity index (χ2v) is 6.37. The highest BCUT2D eigenvalue weighted by atomic mass is 16.2. The van der Waals surface area contributed by atoms with Gasteiger partial charge in [0.05, 0.1) is 11.9 Å². The summed E-state index contributed by atoms with van der Waals surface area (Å²) in [4.78, 5) is 29.6. The number of rotatable bonds is 3. The SMILES string of the molecule is Cc1cc(C)cc(C(=O)Nn2cnc3c(cnn3-c3ccccc3)c2=O)c1. The van der Waals surface area contributed by atoms with Gasteiger partial charge in [0.1, 0.15) is 11.7 Å². The minimum atomic E-state index is -0.389. The number of amides is 1. The van der Waals surface area contributed by atoms with Gasteiger partial charge in [-0.1, -0.05) is 35.4 Å². The van der Waals surface area contributed by atoms with Gasteiger partial charge >= 0.3 is 0 Å². The molecule has 4 rings (SSSR count). The fraction of sp³-hybridized carbons (Fsp3) is 0.100. The van der Waals surface area contributed by atoms with Crippen LogP contribution in [-0.2, 0) is 0 Å². The highest BCUT2D eigenvalue weighted by molar-refractivity contribution is 6.00. The number of hydrogen-bond donors (Lipinski definition) is 1. The van der Waals surface area contributed by atoms with Crippen LogP contribution in [0.2, 0.25) is 0 Å². The number of aromatic nitrogens is 4. The number of carbonyl (C=O) groups excluding carboxylic acids is 1. The summed E-state index contributed by atoms with van der Waals surface area (Å²) in [5, 5.41) is 4.58. The molecule has 1 N–H and O–H groups in total. The second-order valence-electron chi connectivity index (χ2n) is 6.37. The van der Waals surface area contributed by atoms with Crippen molar-refractivity contribution >= 4 is 16.9 Å². The van der Waals surface area contributed by atoms with Crippen LogP contribution in [0.3, 0.4) is 0 Å². The van der Waals surface area contributed by atoms with E-state index in [4.69, 9.17) is 0 Å². The molecule has 1 amide bonds. The number of nitrogens with zero attached hydrogens (tertiary/aromatic N) is 4. The van der Waals surface area contributed by atoms with Gasteiger partial charge in [0.2, 0.25) is 0 Å². The monoisotopic (exact) mass is 359 g/mol. The van der Waals surface area contributed by atoms with Crippen molar-refractivity contribution in [3.8, 4) is 5.69 Å². The van der Waals surface area contributed by atoms with Crippen molar-refractivity contribution in [2.24, 2.45) is 0 Å². The third kappa shape index (κ3) is 3.10. The van der Waals surface area contributed by atoms with E-state index in [0.717, 1.165) is 21.5 Å². The quantitative estimate of drug-likeness (QED) is 0.610. The minimum Gasteiger partial charge on any atom is -0.267 e. The molecule has 27 heavy (non-hydrogen) atoms. The first-order chi connectivity index (χ1) is 13.0. The number of fused-ring (bicyclic) bond motifs is 1. The molecular formula is C20H17N5O2. The van der Waals surface area contributed by atoms with Gasteiger partial charge in [-0.25, -0.2) is 14.3 Å². The first-order valence-electron chi connectivity index (χ1n) is 8.43. The Balaban J connectivity index is 1.71. The molecule has 2 heterocycles. The lowest BCUT2D eigenvalue weighted by molar-refractivity contribution is 0.101. The second kappa shape index (κ2) is 6.53. The lowest BCUT2D eigenvalue weighted by atomic mass is 10.1. The van der Waals surface area contributed by atoms with Crippen LogP contribution in [0.5, 0.6) is 0 Å². The standard InChI is InChI=1S/C20H17N5O2/c1-13-8-14(2)10-15(9-13)19(26)23-24-12-21-18-17(20(24)27)11-22-25(18)16-6-4-3-5-7-16/h3-12H,1-2H3,(H,23,26). The van der Waals surface area contributed by atoms with E-state index in [2.05, 4.69) is 15.5 Å². The van der Waals surface area contributed by atoms with Gasteiger partial charge in [-0.3, -0.25) is 15.0 Å². The smallest absolute Gasteiger partial charge is 0.267 e. The molecule has 0 radical (unpaired) electrons. The van der Waals surface area contributed by atoms with Crippen molar-refractivity contribution in [1.29, 1.82) is 0 Å². The molecule has 7 nitrogen and oxygen atoms in total. The largest absolute Gasteiger partial charge is 0.283 e. The fourth-order valence-corrected chi connectivity index (χ4v) is 3.03. The van der Waals surface area contributed by atoms with E-state index in [-0.39, 0.29) is 11.5 Å². The number of hydrogen-bond acceptors (Lipinski definition) is 4. The zero-order chi connectivity index (χ0) is 19.0. The maximum atomic E-state index is 12.7. The molecule has 0 fully saturated rings. The molecule has 0 spiro atoms. The summed E-state index contributed by atoms with van der Waals surface area (Å²) >= 11 is 0. The summed E-state index contributed by atoms with van der Waals surface area (Å²) in [6.07, 6.45) is 2.75. The molecule has 0 aliphatic rings. The molecule has 7 heteroatoms. The topological polar surface area (TPSA) is 81.8 Å². The lowest BCUT2D eigenvalue weighted by Gasteiger charge is -2.09. The molecule has 0 atom stereocenters. The first kappa shape index (κ1) is 16.7. The minimum absolute atomic E-state index is 0.321. The van der Waals surface area contributed by atoms with Crippen molar-refractivity contribution in [3.63, 3.8) is 0 Å². The summed E-state index contributed by atoms with van der Waals surface area (Å²) < 4.78 is 2.67. The molecule has 0 bridgehead atoms. The predicted molar refractivity (Wildman–Crippen MR) is 103 cm³/mol. The van der Waals surface area contributed by atoms with E-state index >= 15 is 0 Å². The van der Waals surface area contributed by atoms with Gasteiger partial charge in [-0.05, 0) is 38.1 Å². The Bertz CT molecular complexity index is 1190. The Labute approximate surface area is 154 Å². The Morgan fingerprint density at radius 2 is 1.74 bits per heavy atom. The van der Waals surface area contributed by atoms with E-state index in [0.29, 0.717) is 16.6 Å². The van der Waals surface area contributed by atoms with Crippen LogP contribution < -0.4 is 11.0 Å². The third-order valence-electron chi connectivity index (χ3n) is 4.20. The van der Waals surface area contributed by atoms with Gasteiger partial charge in [-0.2, -0.15) is 5.10 Å². The van der Waals surface area contributed by atoms with Crippen molar-refractivity contribution < 1.29 is 4.79 Å². The number of para-hydroxylation sites is 1. The van der Waals surface area contributed by atoms with Crippen LogP contribution in [0.15, 0.2) is 65.8 Å². The van der Waals surface area contributed by atoms with Crippen LogP contribution >= 0.6 is 0 Å². The van der Waals surface area contributed by atoms with Crippen LogP contribution in [0.1, 0.15) is 21.5 Å². The van der Waals surface area contributed by atoms with E-state index in [1.807, 2.05) is 50.2 Å². The summed E-state index contributed by atoms with van der Waals surface area (Å²) in [6, 6.07) is 14.9. The van der Waals surface area contributed by atoms with E-state index in [9.17, 15) is 9.59 Å². The molecular weight excluding hydrogens is 342 g/mol. The first-order valence-corrected chi connectivity index (χ1v) is 8.43. The van der Waals surface area contributed by atoms with Crippen LogP contribution in [0, 0.1) is 13.8 Å². The average molecular weight is 359 g/mol. The van der Waals surface area contributed by atoms with Crippen molar-refractivity contribution in [1.82, 2.24) is 19.4 Å². The van der Waals surface area contributed by atoms with Crippen molar-refractivity contribution in [2.75, 3.05) is 5.43 Å². The number of nitrogens with one attached hydrogen (secondary N) is 1. The number of aryl methyl sites for hydroxylation is 2. The highest BCUT2D eigenvalue weighted by Crippen LogP contribution is 2.13. The molecule has 2 aromatic carbocycles. The normalized spacial score (nSPS) is 10.9. The Kier molecular flexibility index (Phi) is 4.04. The molecule has 2 aromatic heterocycles. The van der Waals surface area contributed by atoms with Gasteiger partial charge in [0.15, 0.2) is 5.65 Å². The highest BCUT2D eigenvalue weighted by Gasteiger charge is 2.13. The molecule has 0 saturated carbocycles. The number of carbonyl (C=O) groups is 1. The summed E-state index contributed by atoms with van der Waals surface area (Å²) in [5.41, 5.74) is 5.87. The Morgan fingerprint density at radius 1 is 1.04 bits per heavy atom. The Hall–Kier alpha value is -3.74. The molecule has 134 valence electrons. The van der Waals surface area contributed by atoms with E-state index < -0.39 is 0 Å². The zero-order valence-corrected chi connectivity index (χ0v) is 14.9. The van der Waals surface area contributed by atoms with Crippen LogP contribution in [-0.4, -0.2) is 25.3 Å². The van der Waals surface area contributed by atoms with Gasteiger partial charge in [-0.15, -0.1) is 0 Å². The summed E-state index contributed by atoms with van der Waals surface area (Å²) in [6.45, 7) is 3.84. The van der Waals surface area contributed by atoms with Crippen molar-refractivity contribution in [2.45, 2.75) is 13.8 Å². The maximum absolute atomic E-state index is 12.7. The van der Waals surface area contributed by atoms with E-state index in [1.54, 1.807) is 16.8 Å². The zero-order valence-electron chi connectivity index (χ0n) is 14.9. The molecule has 4 aromatic rings. The van der Waals surface area contributed by atoms with Gasteiger partial charge in [0.25, 0.3) is 11.5 Å². The molecule has 0 aliphatic carbocycles. The van der Waals surface area contributed by atoms with Crippen LogP contribution in [0.25, 0.3) is 16.7 Å². The third-order valence-corrected chi connectivity index (χ3v) is 4.20. The molecule has 0 saturated heterocycles. The fourth-order valence-electron chi connectivity index (χ4n) is 3.03. The van der Waals surface area contributed by atoms with Crippen molar-refractivity contribution in [3.05, 3.63) is 88.1 Å². The van der Waals surface area contributed by atoms with Gasteiger partial charge in [0, 0.05) is 5.56 Å². The van der Waals surface area contributed by atoms with Gasteiger partial charge < -0.3 is 0 Å². The molecule has 0 unspecified atom stereocenters. The van der Waals surface area contributed by atoms with Crippen LogP contribution in [0.4, 0.5) is 0 Å². The summed E-state index contributed by atoms with van der Waals surface area (Å²) in [5.74, 6) is -0.375. The number of benzene rings is 2. The Morgan fingerprint density at radius 3 is 2.44 bits per heavy atom. The maximum Gasteiger partial charge on any atom is 0.283 e. The summed E-state index contributed by atoms with van der Waals surface area (Å²) in [7, 11) is 0. The lowest BCUT2D eigenvalue weighted by Crippen LogP contribution is -2.33.